The van der Waals surface area contributed by atoms with Gasteiger partial charge in [-0.3, -0.25) is 0 Å². The predicted molar refractivity (Wildman–Crippen MR) is 236 cm³/mol. The van der Waals surface area contributed by atoms with Gasteiger partial charge in [-0.25, -0.2) is 9.97 Å². The summed E-state index contributed by atoms with van der Waals surface area (Å²) in [5.74, 6) is 2.49. The van der Waals surface area contributed by atoms with Gasteiger partial charge in [0, 0.05) is 43.1 Å². The number of nitrogens with zero attached hydrogens (tertiary/aromatic N) is 2. The number of aromatic nitrogens is 2. The third kappa shape index (κ3) is 4.23. The molecule has 0 atom stereocenters. The van der Waals surface area contributed by atoms with Gasteiger partial charge in [-0.2, -0.15) is 0 Å². The van der Waals surface area contributed by atoms with Crippen LogP contribution in [0.5, 0.6) is 11.5 Å². The van der Waals surface area contributed by atoms with Crippen LogP contribution in [0, 0.1) is 0 Å². The maximum Gasteiger partial charge on any atom is 0.160 e. The van der Waals surface area contributed by atoms with Gasteiger partial charge in [0.05, 0.1) is 21.3 Å². The lowest BCUT2D eigenvalue weighted by molar-refractivity contribution is 0.436. The van der Waals surface area contributed by atoms with Crippen molar-refractivity contribution in [2.24, 2.45) is 0 Å². The van der Waals surface area contributed by atoms with E-state index < -0.39 is 5.41 Å². The molecule has 0 amide bonds. The first kappa shape index (κ1) is 31.8. The van der Waals surface area contributed by atoms with E-state index in [1.165, 1.54) is 32.5 Å². The molecule has 2 aliphatic rings. The number of hydrogen-bond donors (Lipinski definition) is 0. The number of benzene rings is 8. The number of rotatable bonds is 3. The Hall–Kier alpha value is -7.34. The molecule has 1 aliphatic carbocycles. The number of para-hydroxylation sites is 2. The summed E-state index contributed by atoms with van der Waals surface area (Å²) in [7, 11) is 0. The van der Waals surface area contributed by atoms with Crippen LogP contribution in [0.3, 0.4) is 0 Å². The number of ether oxygens (including phenoxy) is 1. The average molecular weight is 759 g/mol. The lowest BCUT2D eigenvalue weighted by Gasteiger charge is -2.39. The third-order valence-corrected chi connectivity index (χ3v) is 13.4. The Morgan fingerprint density at radius 3 is 1.98 bits per heavy atom. The first-order valence-electron chi connectivity index (χ1n) is 19.6. The Kier molecular flexibility index (Phi) is 6.49. The molecule has 0 fully saturated rings. The molecular formula is C53H30N2O2S. The summed E-state index contributed by atoms with van der Waals surface area (Å²) in [6, 6.07) is 64.6. The SMILES string of the molecule is c1ccc(-c2nc(-c3cccc4oc5ccc(-c6cccc7c6-c6ccccc6C76c7ccccc7Oc7ccccc76)cc5c34)c3sc4ccccc4c3n2)cc1. The van der Waals surface area contributed by atoms with Crippen molar-refractivity contribution in [2.45, 2.75) is 5.41 Å². The summed E-state index contributed by atoms with van der Waals surface area (Å²) in [4.78, 5) is 10.5. The standard InChI is InChI=1S/C53H30N2O2S/c1-2-14-31(15-3-1)52-54-49-35-17-5-11-27-46(35)58-51(49)50(55-52)36-19-13-26-45-48(36)37-30-32(28-29-42(37)56-45)33-18-12-23-41-47(33)34-16-4-6-20-38(34)53(41)39-21-7-9-24-43(39)57-44-25-10-8-22-40(44)53/h1-30H. The minimum absolute atomic E-state index is 0.536. The highest BCUT2D eigenvalue weighted by atomic mass is 32.1. The van der Waals surface area contributed by atoms with Crippen LogP contribution in [0.25, 0.3) is 87.1 Å². The van der Waals surface area contributed by atoms with Crippen LogP contribution in [0.15, 0.2) is 186 Å². The zero-order valence-corrected chi connectivity index (χ0v) is 31.8. The molecule has 0 unspecified atom stereocenters. The molecule has 0 N–H and O–H groups in total. The van der Waals surface area contributed by atoms with Gasteiger partial charge >= 0.3 is 0 Å². The Labute approximate surface area is 337 Å². The Bertz CT molecular complexity index is 3460. The molecule has 3 aromatic heterocycles. The fourth-order valence-electron chi connectivity index (χ4n) is 9.83. The van der Waals surface area contributed by atoms with E-state index in [-0.39, 0.29) is 0 Å². The van der Waals surface area contributed by atoms with Gasteiger partial charge in [0.1, 0.15) is 22.7 Å². The number of thiophene rings is 1. The maximum absolute atomic E-state index is 6.65. The van der Waals surface area contributed by atoms with Gasteiger partial charge < -0.3 is 9.15 Å². The van der Waals surface area contributed by atoms with Gasteiger partial charge in [-0.05, 0) is 69.8 Å². The largest absolute Gasteiger partial charge is 0.457 e. The lowest BCUT2D eigenvalue weighted by atomic mass is 9.66. The van der Waals surface area contributed by atoms with Crippen molar-refractivity contribution in [1.82, 2.24) is 9.97 Å². The number of fused-ring (bicyclic) bond motifs is 15. The van der Waals surface area contributed by atoms with Crippen molar-refractivity contribution in [3.05, 3.63) is 204 Å². The topological polar surface area (TPSA) is 48.2 Å². The van der Waals surface area contributed by atoms with Crippen molar-refractivity contribution >= 4 is 53.6 Å². The van der Waals surface area contributed by atoms with Crippen molar-refractivity contribution in [1.29, 1.82) is 0 Å². The second-order valence-corrected chi connectivity index (χ2v) is 16.2. The first-order valence-corrected chi connectivity index (χ1v) is 20.4. The molecule has 0 saturated heterocycles. The van der Waals surface area contributed by atoms with E-state index in [4.69, 9.17) is 19.1 Å². The quantitative estimate of drug-likeness (QED) is 0.180. The maximum atomic E-state index is 6.65. The Morgan fingerprint density at radius 1 is 0.466 bits per heavy atom. The Morgan fingerprint density at radius 2 is 1.14 bits per heavy atom. The van der Waals surface area contributed by atoms with Gasteiger partial charge in [-0.15, -0.1) is 11.3 Å². The van der Waals surface area contributed by atoms with Crippen LogP contribution in [-0.4, -0.2) is 9.97 Å². The Balaban J connectivity index is 1.07. The minimum atomic E-state index is -0.536. The zero-order valence-electron chi connectivity index (χ0n) is 30.9. The van der Waals surface area contributed by atoms with Crippen LogP contribution < -0.4 is 4.74 Å². The van der Waals surface area contributed by atoms with Crippen molar-refractivity contribution in [2.75, 3.05) is 0 Å². The highest BCUT2D eigenvalue weighted by Gasteiger charge is 2.51. The van der Waals surface area contributed by atoms with Gasteiger partial charge in [0.25, 0.3) is 0 Å². The van der Waals surface area contributed by atoms with Crippen molar-refractivity contribution in [3.8, 4) is 56.4 Å². The fourth-order valence-corrected chi connectivity index (χ4v) is 11.0. The molecule has 11 aromatic rings. The molecule has 8 aromatic carbocycles. The van der Waals surface area contributed by atoms with Crippen molar-refractivity contribution in [3.63, 3.8) is 0 Å². The summed E-state index contributed by atoms with van der Waals surface area (Å²) >= 11 is 1.75. The van der Waals surface area contributed by atoms with E-state index >= 15 is 0 Å². The third-order valence-electron chi connectivity index (χ3n) is 12.2. The fraction of sp³-hybridized carbons (Fsp3) is 0.0189. The number of hydrogen-bond acceptors (Lipinski definition) is 5. The smallest absolute Gasteiger partial charge is 0.160 e. The molecule has 0 radical (unpaired) electrons. The van der Waals surface area contributed by atoms with E-state index in [1.807, 2.05) is 18.2 Å². The average Bonchev–Trinajstić information content (AvgIpc) is 3.95. The van der Waals surface area contributed by atoms with Crippen LogP contribution in [0.1, 0.15) is 22.3 Å². The summed E-state index contributed by atoms with van der Waals surface area (Å²) in [6.07, 6.45) is 0. The molecule has 1 aliphatic heterocycles. The highest BCUT2D eigenvalue weighted by molar-refractivity contribution is 7.26. The van der Waals surface area contributed by atoms with E-state index in [0.29, 0.717) is 5.82 Å². The second-order valence-electron chi connectivity index (χ2n) is 15.1. The predicted octanol–water partition coefficient (Wildman–Crippen LogP) is 14.2. The molecule has 0 bridgehead atoms. The van der Waals surface area contributed by atoms with Crippen LogP contribution in [-0.2, 0) is 5.41 Å². The van der Waals surface area contributed by atoms with E-state index in [2.05, 4.69) is 164 Å². The summed E-state index contributed by atoms with van der Waals surface area (Å²) in [5.41, 5.74) is 14.7. The monoisotopic (exact) mass is 758 g/mol. The molecule has 5 heteroatoms. The molecule has 58 heavy (non-hydrogen) atoms. The second kappa shape index (κ2) is 11.8. The van der Waals surface area contributed by atoms with Crippen molar-refractivity contribution < 1.29 is 9.15 Å². The van der Waals surface area contributed by atoms with Gasteiger partial charge in [0.2, 0.25) is 0 Å². The van der Waals surface area contributed by atoms with E-state index in [9.17, 15) is 0 Å². The molecule has 0 saturated carbocycles. The van der Waals surface area contributed by atoms with E-state index in [0.717, 1.165) is 82.6 Å². The summed E-state index contributed by atoms with van der Waals surface area (Å²) in [6.45, 7) is 0. The lowest BCUT2D eigenvalue weighted by Crippen LogP contribution is -2.32. The van der Waals surface area contributed by atoms with Gasteiger partial charge in [-0.1, -0.05) is 146 Å². The van der Waals surface area contributed by atoms with Crippen LogP contribution in [0.4, 0.5) is 0 Å². The molecule has 4 nitrogen and oxygen atoms in total. The minimum Gasteiger partial charge on any atom is -0.457 e. The van der Waals surface area contributed by atoms with Crippen LogP contribution in [0.2, 0.25) is 0 Å². The zero-order chi connectivity index (χ0) is 38.0. The molecular weight excluding hydrogens is 729 g/mol. The molecule has 1 spiro atoms. The normalized spacial score (nSPS) is 13.4. The van der Waals surface area contributed by atoms with Crippen LogP contribution >= 0.6 is 11.3 Å². The van der Waals surface area contributed by atoms with Gasteiger partial charge in [0.15, 0.2) is 5.82 Å². The summed E-state index contributed by atoms with van der Waals surface area (Å²) < 4.78 is 15.5. The summed E-state index contributed by atoms with van der Waals surface area (Å²) in [5, 5.41) is 3.24. The highest BCUT2D eigenvalue weighted by Crippen LogP contribution is 2.63. The molecule has 270 valence electrons. The molecule has 4 heterocycles. The number of furan rings is 1. The first-order chi connectivity index (χ1) is 28.8. The van der Waals surface area contributed by atoms with E-state index in [1.54, 1.807) is 11.3 Å². The molecule has 13 rings (SSSR count).